The summed E-state index contributed by atoms with van der Waals surface area (Å²) in [5, 5.41) is 7.18. The second-order valence-corrected chi connectivity index (χ2v) is 6.55. The fourth-order valence-electron chi connectivity index (χ4n) is 3.26. The van der Waals surface area contributed by atoms with Gasteiger partial charge in [0, 0.05) is 22.9 Å². The standard InChI is InChI=1S/C19H23N3O2/c1-13-12-14(2)22(21-13)19(24)16-8-10-17(11-9-16)20-18(23)15-6-4-3-5-7-15/h8-12,15H,3-7H2,1-2H3,(H,20,23). The number of amides is 1. The van der Waals surface area contributed by atoms with Crippen molar-refractivity contribution in [2.75, 3.05) is 5.32 Å². The summed E-state index contributed by atoms with van der Waals surface area (Å²) < 4.78 is 1.41. The number of hydrogen-bond donors (Lipinski definition) is 1. The molecule has 1 saturated carbocycles. The molecule has 24 heavy (non-hydrogen) atoms. The quantitative estimate of drug-likeness (QED) is 0.935. The number of carbonyl (C=O) groups excluding carboxylic acids is 2. The molecule has 0 atom stereocenters. The van der Waals surface area contributed by atoms with E-state index in [-0.39, 0.29) is 17.7 Å². The summed E-state index contributed by atoms with van der Waals surface area (Å²) in [5.41, 5.74) is 2.91. The molecule has 5 nitrogen and oxygen atoms in total. The van der Waals surface area contributed by atoms with Gasteiger partial charge in [-0.15, -0.1) is 0 Å². The molecule has 0 spiro atoms. The summed E-state index contributed by atoms with van der Waals surface area (Å²) in [6.07, 6.45) is 5.44. The smallest absolute Gasteiger partial charge is 0.278 e. The number of benzene rings is 1. The summed E-state index contributed by atoms with van der Waals surface area (Å²) in [7, 11) is 0. The maximum absolute atomic E-state index is 12.5. The van der Waals surface area contributed by atoms with E-state index in [1.807, 2.05) is 19.9 Å². The first-order valence-electron chi connectivity index (χ1n) is 8.53. The molecule has 1 heterocycles. The molecular formula is C19H23N3O2. The van der Waals surface area contributed by atoms with Gasteiger partial charge in [-0.25, -0.2) is 4.68 Å². The Morgan fingerprint density at radius 3 is 2.33 bits per heavy atom. The maximum Gasteiger partial charge on any atom is 0.278 e. The van der Waals surface area contributed by atoms with Gasteiger partial charge < -0.3 is 5.32 Å². The second-order valence-electron chi connectivity index (χ2n) is 6.55. The van der Waals surface area contributed by atoms with Crippen LogP contribution in [0, 0.1) is 19.8 Å². The first kappa shape index (κ1) is 16.4. The van der Waals surface area contributed by atoms with E-state index in [1.165, 1.54) is 11.1 Å². The fraction of sp³-hybridized carbons (Fsp3) is 0.421. The SMILES string of the molecule is Cc1cc(C)n(C(=O)c2ccc(NC(=O)C3CCCCC3)cc2)n1. The predicted molar refractivity (Wildman–Crippen MR) is 93.1 cm³/mol. The van der Waals surface area contributed by atoms with Crippen LogP contribution in [0.4, 0.5) is 5.69 Å². The minimum Gasteiger partial charge on any atom is -0.326 e. The lowest BCUT2D eigenvalue weighted by molar-refractivity contribution is -0.120. The number of carbonyl (C=O) groups is 2. The number of nitrogens with zero attached hydrogens (tertiary/aromatic N) is 2. The Morgan fingerprint density at radius 1 is 1.08 bits per heavy atom. The van der Waals surface area contributed by atoms with Gasteiger partial charge in [0.1, 0.15) is 0 Å². The number of nitrogens with one attached hydrogen (secondary N) is 1. The average Bonchev–Trinajstić information content (AvgIpc) is 2.94. The normalized spacial score (nSPS) is 15.2. The molecule has 126 valence electrons. The predicted octanol–water partition coefficient (Wildman–Crippen LogP) is 3.71. The van der Waals surface area contributed by atoms with Gasteiger partial charge in [-0.05, 0) is 57.0 Å². The highest BCUT2D eigenvalue weighted by Gasteiger charge is 2.21. The zero-order valence-electron chi connectivity index (χ0n) is 14.2. The van der Waals surface area contributed by atoms with Crippen LogP contribution in [0.2, 0.25) is 0 Å². The lowest BCUT2D eigenvalue weighted by Crippen LogP contribution is -2.24. The molecule has 2 aromatic rings. The van der Waals surface area contributed by atoms with Gasteiger partial charge in [-0.2, -0.15) is 5.10 Å². The van der Waals surface area contributed by atoms with Gasteiger partial charge >= 0.3 is 0 Å². The van der Waals surface area contributed by atoms with Crippen molar-refractivity contribution in [1.29, 1.82) is 0 Å². The van der Waals surface area contributed by atoms with E-state index in [1.54, 1.807) is 24.3 Å². The molecule has 0 saturated heterocycles. The van der Waals surface area contributed by atoms with Crippen molar-refractivity contribution in [3.05, 3.63) is 47.3 Å². The highest BCUT2D eigenvalue weighted by molar-refractivity contribution is 5.97. The second kappa shape index (κ2) is 6.99. The van der Waals surface area contributed by atoms with Gasteiger partial charge in [-0.3, -0.25) is 9.59 Å². The first-order chi connectivity index (χ1) is 11.5. The molecule has 1 aliphatic rings. The molecule has 3 rings (SSSR count). The Kier molecular flexibility index (Phi) is 4.79. The highest BCUT2D eigenvalue weighted by atomic mass is 16.2. The summed E-state index contributed by atoms with van der Waals surface area (Å²) in [6.45, 7) is 3.72. The van der Waals surface area contributed by atoms with Crippen molar-refractivity contribution in [2.24, 2.45) is 5.92 Å². The molecule has 1 fully saturated rings. The average molecular weight is 325 g/mol. The van der Waals surface area contributed by atoms with E-state index < -0.39 is 0 Å². The zero-order valence-corrected chi connectivity index (χ0v) is 14.2. The molecule has 0 bridgehead atoms. The number of rotatable bonds is 3. The molecular weight excluding hydrogens is 302 g/mol. The Balaban J connectivity index is 1.68. The molecule has 1 aromatic heterocycles. The zero-order chi connectivity index (χ0) is 17.1. The van der Waals surface area contributed by atoms with Crippen molar-refractivity contribution in [1.82, 2.24) is 9.78 Å². The van der Waals surface area contributed by atoms with Crippen LogP contribution >= 0.6 is 0 Å². The van der Waals surface area contributed by atoms with Crippen LogP contribution in [0.15, 0.2) is 30.3 Å². The monoisotopic (exact) mass is 325 g/mol. The van der Waals surface area contributed by atoms with Crippen LogP contribution in [-0.4, -0.2) is 21.6 Å². The van der Waals surface area contributed by atoms with Gasteiger partial charge in [0.2, 0.25) is 5.91 Å². The number of aromatic nitrogens is 2. The van der Waals surface area contributed by atoms with E-state index in [0.717, 1.165) is 42.8 Å². The highest BCUT2D eigenvalue weighted by Crippen LogP contribution is 2.25. The van der Waals surface area contributed by atoms with Gasteiger partial charge in [0.15, 0.2) is 0 Å². The van der Waals surface area contributed by atoms with Crippen molar-refractivity contribution in [3.63, 3.8) is 0 Å². The van der Waals surface area contributed by atoms with E-state index in [2.05, 4.69) is 10.4 Å². The third-order valence-electron chi connectivity index (χ3n) is 4.58. The summed E-state index contributed by atoms with van der Waals surface area (Å²) in [6, 6.07) is 8.89. The van der Waals surface area contributed by atoms with E-state index >= 15 is 0 Å². The third-order valence-corrected chi connectivity index (χ3v) is 4.58. The molecule has 1 aliphatic carbocycles. The Morgan fingerprint density at radius 2 is 1.75 bits per heavy atom. The Labute approximate surface area is 142 Å². The lowest BCUT2D eigenvalue weighted by atomic mass is 9.88. The van der Waals surface area contributed by atoms with Gasteiger partial charge in [0.25, 0.3) is 5.91 Å². The van der Waals surface area contributed by atoms with Crippen molar-refractivity contribution in [3.8, 4) is 0 Å². The third kappa shape index (κ3) is 3.55. The van der Waals surface area contributed by atoms with E-state index in [9.17, 15) is 9.59 Å². The number of aryl methyl sites for hydroxylation is 2. The molecule has 1 amide bonds. The molecule has 0 unspecified atom stereocenters. The van der Waals surface area contributed by atoms with E-state index in [4.69, 9.17) is 0 Å². The first-order valence-corrected chi connectivity index (χ1v) is 8.53. The van der Waals surface area contributed by atoms with Crippen LogP contribution in [-0.2, 0) is 4.79 Å². The number of anilines is 1. The summed E-state index contributed by atoms with van der Waals surface area (Å²) in [5.74, 6) is 0.0489. The minimum absolute atomic E-state index is 0.0901. The molecule has 5 heteroatoms. The molecule has 1 aromatic carbocycles. The largest absolute Gasteiger partial charge is 0.326 e. The van der Waals surface area contributed by atoms with Gasteiger partial charge in [0.05, 0.1) is 5.69 Å². The van der Waals surface area contributed by atoms with Gasteiger partial charge in [-0.1, -0.05) is 19.3 Å². The molecule has 0 radical (unpaired) electrons. The summed E-state index contributed by atoms with van der Waals surface area (Å²) >= 11 is 0. The van der Waals surface area contributed by atoms with Crippen LogP contribution in [0.5, 0.6) is 0 Å². The Hall–Kier alpha value is -2.43. The molecule has 0 aliphatic heterocycles. The number of hydrogen-bond acceptors (Lipinski definition) is 3. The van der Waals surface area contributed by atoms with Crippen LogP contribution in [0.25, 0.3) is 0 Å². The van der Waals surface area contributed by atoms with E-state index in [0.29, 0.717) is 5.56 Å². The summed E-state index contributed by atoms with van der Waals surface area (Å²) in [4.78, 5) is 24.7. The maximum atomic E-state index is 12.5. The topological polar surface area (TPSA) is 64.0 Å². The van der Waals surface area contributed by atoms with Crippen molar-refractivity contribution >= 4 is 17.5 Å². The Bertz CT molecular complexity index is 740. The van der Waals surface area contributed by atoms with Crippen LogP contribution < -0.4 is 5.32 Å². The van der Waals surface area contributed by atoms with Crippen LogP contribution in [0.1, 0.15) is 53.8 Å². The fourth-order valence-corrected chi connectivity index (χ4v) is 3.26. The van der Waals surface area contributed by atoms with Crippen LogP contribution in [0.3, 0.4) is 0 Å². The lowest BCUT2D eigenvalue weighted by Gasteiger charge is -2.20. The van der Waals surface area contributed by atoms with Crippen molar-refractivity contribution in [2.45, 2.75) is 46.0 Å². The molecule has 1 N–H and O–H groups in total. The minimum atomic E-state index is -0.161. The van der Waals surface area contributed by atoms with Crippen molar-refractivity contribution < 1.29 is 9.59 Å².